The highest BCUT2D eigenvalue weighted by atomic mass is 16.3. The predicted molar refractivity (Wildman–Crippen MR) is 138 cm³/mol. The van der Waals surface area contributed by atoms with E-state index in [0.717, 1.165) is 36.3 Å². The fourth-order valence-electron chi connectivity index (χ4n) is 4.95. The van der Waals surface area contributed by atoms with Crippen LogP contribution in [-0.4, -0.2) is 51.3 Å². The Morgan fingerprint density at radius 2 is 1.73 bits per heavy atom. The van der Waals surface area contributed by atoms with Crippen molar-refractivity contribution in [3.8, 4) is 0 Å². The first-order valence-corrected chi connectivity index (χ1v) is 13.1. The first-order chi connectivity index (χ1) is 18.0. The Hall–Kier alpha value is -3.59. The van der Waals surface area contributed by atoms with E-state index in [1.54, 1.807) is 24.4 Å². The van der Waals surface area contributed by atoms with Crippen LogP contribution in [0.2, 0.25) is 0 Å². The van der Waals surface area contributed by atoms with Crippen LogP contribution in [0.1, 0.15) is 89.8 Å². The Morgan fingerprint density at radius 1 is 0.973 bits per heavy atom. The van der Waals surface area contributed by atoms with Crippen LogP contribution in [0, 0.1) is 0 Å². The number of pyridine rings is 1. The van der Waals surface area contributed by atoms with Crippen molar-refractivity contribution in [3.63, 3.8) is 0 Å². The maximum Gasteiger partial charge on any atom is 0.264 e. The third kappa shape index (κ3) is 6.40. The lowest BCUT2D eigenvalue weighted by Gasteiger charge is -2.27. The van der Waals surface area contributed by atoms with Crippen LogP contribution in [0.4, 0.5) is 5.69 Å². The number of aliphatic hydroxyl groups is 1. The first-order valence-electron chi connectivity index (χ1n) is 13.1. The molecule has 1 unspecified atom stereocenters. The van der Waals surface area contributed by atoms with Crippen molar-refractivity contribution in [1.82, 2.24) is 15.2 Å². The molecule has 37 heavy (non-hydrogen) atoms. The van der Waals surface area contributed by atoms with E-state index in [-0.39, 0.29) is 30.6 Å². The Kier molecular flexibility index (Phi) is 9.00. The van der Waals surface area contributed by atoms with Crippen molar-refractivity contribution in [2.45, 2.75) is 76.8 Å². The molecule has 0 bridgehead atoms. The van der Waals surface area contributed by atoms with Crippen LogP contribution >= 0.6 is 0 Å². The van der Waals surface area contributed by atoms with Gasteiger partial charge < -0.3 is 10.4 Å². The molecule has 1 aromatic heterocycles. The SMILES string of the molecule is O=C1CCC(N2C(=O)c3cccc(NCc4cc(CCCCCCCCCO)ccn4)c3C2=O)C(=O)N1. The van der Waals surface area contributed by atoms with Gasteiger partial charge in [-0.15, -0.1) is 0 Å². The number of carbonyl (C=O) groups is 4. The van der Waals surface area contributed by atoms with E-state index in [2.05, 4.69) is 21.7 Å². The van der Waals surface area contributed by atoms with Gasteiger partial charge >= 0.3 is 0 Å². The molecule has 4 amide bonds. The molecular weight excluding hydrogens is 472 g/mol. The molecule has 1 fully saturated rings. The maximum atomic E-state index is 13.2. The molecule has 2 aromatic rings. The zero-order chi connectivity index (χ0) is 26.2. The first kappa shape index (κ1) is 26.5. The third-order valence-corrected chi connectivity index (χ3v) is 6.93. The topological polar surface area (TPSA) is 129 Å². The van der Waals surface area contributed by atoms with Crippen LogP contribution in [0.5, 0.6) is 0 Å². The Labute approximate surface area is 216 Å². The molecule has 9 nitrogen and oxygen atoms in total. The molecule has 0 saturated carbocycles. The molecule has 9 heteroatoms. The van der Waals surface area contributed by atoms with Crippen LogP contribution < -0.4 is 10.6 Å². The zero-order valence-corrected chi connectivity index (χ0v) is 21.0. The van der Waals surface area contributed by atoms with Gasteiger partial charge in [0.15, 0.2) is 0 Å². The molecule has 0 spiro atoms. The predicted octanol–water partition coefficient (Wildman–Crippen LogP) is 3.36. The smallest absolute Gasteiger partial charge is 0.264 e. The molecule has 1 saturated heterocycles. The van der Waals surface area contributed by atoms with E-state index in [9.17, 15) is 19.2 Å². The number of rotatable bonds is 13. The summed E-state index contributed by atoms with van der Waals surface area (Å²) in [5.41, 5.74) is 3.04. The molecule has 2 aliphatic heterocycles. The lowest BCUT2D eigenvalue weighted by atomic mass is 10.0. The number of unbranched alkanes of at least 4 members (excludes halogenated alkanes) is 6. The number of aryl methyl sites for hydroxylation is 1. The van der Waals surface area contributed by atoms with Gasteiger partial charge in [-0.2, -0.15) is 0 Å². The number of fused-ring (bicyclic) bond motifs is 1. The number of hydrogen-bond donors (Lipinski definition) is 3. The minimum absolute atomic E-state index is 0.0849. The van der Waals surface area contributed by atoms with Gasteiger partial charge in [0.25, 0.3) is 11.8 Å². The van der Waals surface area contributed by atoms with E-state index in [1.165, 1.54) is 31.2 Å². The summed E-state index contributed by atoms with van der Waals surface area (Å²) in [6, 6.07) is 8.11. The third-order valence-electron chi connectivity index (χ3n) is 6.93. The summed E-state index contributed by atoms with van der Waals surface area (Å²) in [4.78, 5) is 55.5. The monoisotopic (exact) mass is 506 g/mol. The van der Waals surface area contributed by atoms with E-state index in [0.29, 0.717) is 12.2 Å². The molecule has 1 atom stereocenters. The quantitative estimate of drug-likeness (QED) is 0.281. The van der Waals surface area contributed by atoms with Crippen molar-refractivity contribution < 1.29 is 24.3 Å². The second-order valence-electron chi connectivity index (χ2n) is 9.63. The van der Waals surface area contributed by atoms with Gasteiger partial charge in [0.05, 0.1) is 23.4 Å². The number of benzene rings is 1. The van der Waals surface area contributed by atoms with E-state index >= 15 is 0 Å². The molecule has 0 radical (unpaired) electrons. The van der Waals surface area contributed by atoms with Crippen LogP contribution in [0.25, 0.3) is 0 Å². The highest BCUT2D eigenvalue weighted by Crippen LogP contribution is 2.32. The van der Waals surface area contributed by atoms with Crippen LogP contribution in [0.3, 0.4) is 0 Å². The fourth-order valence-corrected chi connectivity index (χ4v) is 4.95. The average Bonchev–Trinajstić information content (AvgIpc) is 3.15. The molecular formula is C28H34N4O5. The van der Waals surface area contributed by atoms with Gasteiger partial charge in [-0.1, -0.05) is 38.2 Å². The van der Waals surface area contributed by atoms with Crippen molar-refractivity contribution in [1.29, 1.82) is 0 Å². The van der Waals surface area contributed by atoms with E-state index < -0.39 is 29.7 Å². The molecule has 1 aromatic carbocycles. The highest BCUT2D eigenvalue weighted by molar-refractivity contribution is 6.25. The number of carbonyl (C=O) groups excluding carboxylic acids is 4. The van der Waals surface area contributed by atoms with Gasteiger partial charge in [0, 0.05) is 24.9 Å². The van der Waals surface area contributed by atoms with Crippen molar-refractivity contribution >= 4 is 29.3 Å². The normalized spacial score (nSPS) is 17.2. The summed E-state index contributed by atoms with van der Waals surface area (Å²) in [6.07, 6.45) is 10.8. The van der Waals surface area contributed by atoms with E-state index in [4.69, 9.17) is 5.11 Å². The average molecular weight is 507 g/mol. The number of nitrogens with zero attached hydrogens (tertiary/aromatic N) is 2. The molecule has 196 valence electrons. The van der Waals surface area contributed by atoms with Crippen LogP contribution in [-0.2, 0) is 22.6 Å². The summed E-state index contributed by atoms with van der Waals surface area (Å²) in [6.45, 7) is 0.663. The lowest BCUT2D eigenvalue weighted by molar-refractivity contribution is -0.136. The zero-order valence-electron chi connectivity index (χ0n) is 21.0. The highest BCUT2D eigenvalue weighted by Gasteiger charge is 2.45. The largest absolute Gasteiger partial charge is 0.396 e. The second-order valence-corrected chi connectivity index (χ2v) is 9.63. The van der Waals surface area contributed by atoms with Gasteiger partial charge in [0.2, 0.25) is 11.8 Å². The number of amides is 4. The standard InChI is InChI=1S/C28H34N4O5/c33-16-7-5-3-1-2-4-6-9-19-14-15-29-20(17-19)18-30-22-11-8-10-21-25(22)28(37)32(27(21)36)23-12-13-24(34)31-26(23)35/h8,10-11,14-15,17,23,30,33H,1-7,9,12-13,16,18H2,(H,31,34,35). The molecule has 3 heterocycles. The van der Waals surface area contributed by atoms with Gasteiger partial charge in [-0.3, -0.25) is 34.4 Å². The van der Waals surface area contributed by atoms with Crippen LogP contribution in [0.15, 0.2) is 36.5 Å². The minimum Gasteiger partial charge on any atom is -0.396 e. The number of nitrogens with one attached hydrogen (secondary N) is 2. The Balaban J connectivity index is 1.34. The molecule has 2 aliphatic rings. The number of aromatic nitrogens is 1. The summed E-state index contributed by atoms with van der Waals surface area (Å²) >= 11 is 0. The van der Waals surface area contributed by atoms with Gasteiger partial charge in [0.1, 0.15) is 6.04 Å². The molecule has 3 N–H and O–H groups in total. The van der Waals surface area contributed by atoms with Gasteiger partial charge in [-0.25, -0.2) is 0 Å². The Bertz CT molecular complexity index is 1170. The van der Waals surface area contributed by atoms with E-state index in [1.807, 2.05) is 6.07 Å². The second kappa shape index (κ2) is 12.6. The summed E-state index contributed by atoms with van der Waals surface area (Å²) in [5, 5.41) is 14.3. The van der Waals surface area contributed by atoms with Gasteiger partial charge in [-0.05, 0) is 55.5 Å². The number of imide groups is 2. The van der Waals surface area contributed by atoms with Crippen molar-refractivity contribution in [3.05, 3.63) is 58.9 Å². The maximum absolute atomic E-state index is 13.2. The lowest BCUT2D eigenvalue weighted by Crippen LogP contribution is -2.54. The minimum atomic E-state index is -0.989. The number of hydrogen-bond acceptors (Lipinski definition) is 7. The summed E-state index contributed by atoms with van der Waals surface area (Å²) in [5.74, 6) is -2.07. The molecule has 4 rings (SSSR count). The molecule has 0 aliphatic carbocycles. The number of aliphatic hydroxyl groups excluding tert-OH is 1. The number of piperidine rings is 1. The van der Waals surface area contributed by atoms with Crippen molar-refractivity contribution in [2.75, 3.05) is 11.9 Å². The Morgan fingerprint density at radius 3 is 2.49 bits per heavy atom. The summed E-state index contributed by atoms with van der Waals surface area (Å²) in [7, 11) is 0. The fraction of sp³-hybridized carbons (Fsp3) is 0.464. The summed E-state index contributed by atoms with van der Waals surface area (Å²) < 4.78 is 0. The number of anilines is 1. The van der Waals surface area contributed by atoms with Crippen molar-refractivity contribution in [2.24, 2.45) is 0 Å².